The molecule has 1 amide bonds. The molecule has 1 aliphatic heterocycles. The maximum atomic E-state index is 13.9. The van der Waals surface area contributed by atoms with E-state index < -0.39 is 0 Å². The minimum Gasteiger partial charge on any atom is -0.352 e. The number of para-hydroxylation sites is 1. The average molecular weight is 440 g/mol. The summed E-state index contributed by atoms with van der Waals surface area (Å²) in [6, 6.07) is 15.6. The van der Waals surface area contributed by atoms with Gasteiger partial charge in [0.15, 0.2) is 0 Å². The zero-order valence-electron chi connectivity index (χ0n) is 16.9. The predicted molar refractivity (Wildman–Crippen MR) is 120 cm³/mol. The molecule has 4 rings (SSSR count). The maximum Gasteiger partial charge on any atom is 0.227 e. The van der Waals surface area contributed by atoms with Gasteiger partial charge in [0.2, 0.25) is 11.9 Å². The van der Waals surface area contributed by atoms with Gasteiger partial charge in [0.25, 0.3) is 0 Å². The van der Waals surface area contributed by atoms with Crippen molar-refractivity contribution in [1.29, 1.82) is 0 Å². The van der Waals surface area contributed by atoms with Gasteiger partial charge in [0.1, 0.15) is 11.6 Å². The summed E-state index contributed by atoms with van der Waals surface area (Å²) in [6.45, 7) is 1.77. The highest BCUT2D eigenvalue weighted by Gasteiger charge is 2.26. The molecule has 0 radical (unpaired) electrons. The van der Waals surface area contributed by atoms with E-state index in [0.29, 0.717) is 55.0 Å². The van der Waals surface area contributed by atoms with Gasteiger partial charge in [-0.3, -0.25) is 4.79 Å². The molecule has 8 heteroatoms. The van der Waals surface area contributed by atoms with Crippen molar-refractivity contribution in [3.8, 4) is 0 Å². The van der Waals surface area contributed by atoms with Gasteiger partial charge in [-0.2, -0.15) is 4.98 Å². The molecule has 31 heavy (non-hydrogen) atoms. The van der Waals surface area contributed by atoms with Crippen molar-refractivity contribution in [1.82, 2.24) is 15.3 Å². The van der Waals surface area contributed by atoms with Crippen LogP contribution in [0.25, 0.3) is 0 Å². The van der Waals surface area contributed by atoms with Crippen LogP contribution in [0.2, 0.25) is 5.02 Å². The zero-order valence-corrected chi connectivity index (χ0v) is 17.6. The SMILES string of the molecule is O=C(NCc1ccccc1Cl)C1CCN(c2nccc(Nc3ccccc3F)n2)CC1. The first-order chi connectivity index (χ1) is 15.1. The summed E-state index contributed by atoms with van der Waals surface area (Å²) in [5.41, 5.74) is 1.27. The molecule has 6 nitrogen and oxygen atoms in total. The van der Waals surface area contributed by atoms with E-state index in [2.05, 4.69) is 20.6 Å². The molecule has 0 bridgehead atoms. The van der Waals surface area contributed by atoms with Crippen LogP contribution in [-0.4, -0.2) is 29.0 Å². The lowest BCUT2D eigenvalue weighted by atomic mass is 9.96. The number of anilines is 3. The van der Waals surface area contributed by atoms with Crippen LogP contribution in [0.4, 0.5) is 21.8 Å². The number of nitrogens with one attached hydrogen (secondary N) is 2. The Morgan fingerprint density at radius 2 is 1.84 bits per heavy atom. The lowest BCUT2D eigenvalue weighted by Gasteiger charge is -2.31. The van der Waals surface area contributed by atoms with Crippen LogP contribution in [-0.2, 0) is 11.3 Å². The number of hydrogen-bond acceptors (Lipinski definition) is 5. The van der Waals surface area contributed by atoms with E-state index in [1.807, 2.05) is 29.2 Å². The van der Waals surface area contributed by atoms with Crippen LogP contribution in [0.5, 0.6) is 0 Å². The number of carbonyl (C=O) groups is 1. The fourth-order valence-electron chi connectivity index (χ4n) is 3.58. The first-order valence-corrected chi connectivity index (χ1v) is 10.6. The van der Waals surface area contributed by atoms with Gasteiger partial charge in [-0.15, -0.1) is 0 Å². The van der Waals surface area contributed by atoms with Gasteiger partial charge < -0.3 is 15.5 Å². The molecule has 0 spiro atoms. The van der Waals surface area contributed by atoms with Gasteiger partial charge >= 0.3 is 0 Å². The lowest BCUT2D eigenvalue weighted by molar-refractivity contribution is -0.125. The number of rotatable bonds is 6. The summed E-state index contributed by atoms with van der Waals surface area (Å²) in [4.78, 5) is 23.5. The van der Waals surface area contributed by atoms with Crippen molar-refractivity contribution in [2.24, 2.45) is 5.92 Å². The fourth-order valence-corrected chi connectivity index (χ4v) is 3.78. The number of benzene rings is 2. The molecule has 2 N–H and O–H groups in total. The molecule has 2 heterocycles. The van der Waals surface area contributed by atoms with Crippen LogP contribution >= 0.6 is 11.6 Å². The standard InChI is InChI=1S/C23H23ClFN5O/c24-18-6-2-1-5-17(18)15-27-22(31)16-10-13-30(14-11-16)23-26-12-9-21(29-23)28-20-8-4-3-7-19(20)25/h1-9,12,16H,10-11,13-15H2,(H,27,31)(H,26,28,29). The van der Waals surface area contributed by atoms with E-state index in [-0.39, 0.29) is 17.6 Å². The molecule has 0 atom stereocenters. The Bertz CT molecular complexity index is 1060. The molecule has 1 aliphatic rings. The first kappa shape index (κ1) is 21.1. The normalized spacial score (nSPS) is 14.3. The molecule has 160 valence electrons. The third-order valence-corrected chi connectivity index (χ3v) is 5.71. The fraction of sp³-hybridized carbons (Fsp3) is 0.261. The lowest BCUT2D eigenvalue weighted by Crippen LogP contribution is -2.41. The van der Waals surface area contributed by atoms with Crippen molar-refractivity contribution in [2.45, 2.75) is 19.4 Å². The number of amides is 1. The van der Waals surface area contributed by atoms with E-state index in [4.69, 9.17) is 11.6 Å². The molecule has 3 aromatic rings. The number of nitrogens with zero attached hydrogens (tertiary/aromatic N) is 3. The van der Waals surface area contributed by atoms with E-state index >= 15 is 0 Å². The monoisotopic (exact) mass is 439 g/mol. The first-order valence-electron chi connectivity index (χ1n) is 10.2. The maximum absolute atomic E-state index is 13.9. The Morgan fingerprint density at radius 1 is 1.10 bits per heavy atom. The highest BCUT2D eigenvalue weighted by atomic mass is 35.5. The summed E-state index contributed by atoms with van der Waals surface area (Å²) in [7, 11) is 0. The molecule has 1 aromatic heterocycles. The van der Waals surface area contributed by atoms with E-state index in [1.54, 1.807) is 30.5 Å². The van der Waals surface area contributed by atoms with Crippen LogP contribution in [0, 0.1) is 11.7 Å². The highest BCUT2D eigenvalue weighted by Crippen LogP contribution is 2.24. The number of piperidine rings is 1. The molecule has 0 unspecified atom stereocenters. The van der Waals surface area contributed by atoms with Crippen LogP contribution in [0.3, 0.4) is 0 Å². The van der Waals surface area contributed by atoms with Gasteiger partial charge in [0, 0.05) is 36.8 Å². The minimum atomic E-state index is -0.341. The van der Waals surface area contributed by atoms with Crippen molar-refractivity contribution in [3.63, 3.8) is 0 Å². The number of carbonyl (C=O) groups excluding carboxylic acids is 1. The van der Waals surface area contributed by atoms with E-state index in [0.717, 1.165) is 5.56 Å². The summed E-state index contributed by atoms with van der Waals surface area (Å²) in [6.07, 6.45) is 3.07. The van der Waals surface area contributed by atoms with Crippen LogP contribution < -0.4 is 15.5 Å². The van der Waals surface area contributed by atoms with E-state index in [1.165, 1.54) is 6.07 Å². The Kier molecular flexibility index (Phi) is 6.62. The summed E-state index contributed by atoms with van der Waals surface area (Å²) in [5, 5.41) is 6.63. The second kappa shape index (κ2) is 9.75. The largest absolute Gasteiger partial charge is 0.352 e. The summed E-state index contributed by atoms with van der Waals surface area (Å²) in [5.74, 6) is 0.728. The molecule has 1 saturated heterocycles. The Morgan fingerprint density at radius 3 is 2.61 bits per heavy atom. The smallest absolute Gasteiger partial charge is 0.227 e. The number of halogens is 2. The number of hydrogen-bond donors (Lipinski definition) is 2. The molecular formula is C23H23ClFN5O. The Hall–Kier alpha value is -3.19. The number of aromatic nitrogens is 2. The topological polar surface area (TPSA) is 70.2 Å². The minimum absolute atomic E-state index is 0.0375. The molecule has 0 saturated carbocycles. The predicted octanol–water partition coefficient (Wildman–Crippen LogP) is 4.55. The van der Waals surface area contributed by atoms with Gasteiger partial charge in [-0.05, 0) is 42.7 Å². The second-order valence-electron chi connectivity index (χ2n) is 7.42. The molecule has 1 fully saturated rings. The van der Waals surface area contributed by atoms with Crippen molar-refractivity contribution in [2.75, 3.05) is 23.3 Å². The Balaban J connectivity index is 1.32. The average Bonchev–Trinajstić information content (AvgIpc) is 2.80. The molecule has 0 aliphatic carbocycles. The highest BCUT2D eigenvalue weighted by molar-refractivity contribution is 6.31. The van der Waals surface area contributed by atoms with Crippen molar-refractivity contribution >= 4 is 35.0 Å². The summed E-state index contributed by atoms with van der Waals surface area (Å²) < 4.78 is 13.9. The Labute approximate surface area is 185 Å². The van der Waals surface area contributed by atoms with Crippen molar-refractivity contribution in [3.05, 3.63) is 77.2 Å². The third-order valence-electron chi connectivity index (χ3n) is 5.34. The zero-order chi connectivity index (χ0) is 21.6. The van der Waals surface area contributed by atoms with Gasteiger partial charge in [-0.25, -0.2) is 9.37 Å². The second-order valence-corrected chi connectivity index (χ2v) is 7.82. The van der Waals surface area contributed by atoms with E-state index in [9.17, 15) is 9.18 Å². The van der Waals surface area contributed by atoms with Gasteiger partial charge in [0.05, 0.1) is 5.69 Å². The van der Waals surface area contributed by atoms with Crippen LogP contribution in [0.15, 0.2) is 60.8 Å². The molecular weight excluding hydrogens is 417 g/mol. The quantitative estimate of drug-likeness (QED) is 0.589. The van der Waals surface area contributed by atoms with Crippen LogP contribution in [0.1, 0.15) is 18.4 Å². The van der Waals surface area contributed by atoms with Crippen molar-refractivity contribution < 1.29 is 9.18 Å². The molecule has 2 aromatic carbocycles. The summed E-state index contributed by atoms with van der Waals surface area (Å²) >= 11 is 6.16. The third kappa shape index (κ3) is 5.30. The van der Waals surface area contributed by atoms with Gasteiger partial charge in [-0.1, -0.05) is 41.9 Å².